The molecule has 2 atom stereocenters. The lowest BCUT2D eigenvalue weighted by molar-refractivity contribution is 0.0130. The molecular formula is C32H64N2. The molecule has 2 saturated heterocycles. The van der Waals surface area contributed by atoms with Gasteiger partial charge in [0.05, 0.1) is 0 Å². The molecule has 0 aliphatic carbocycles. The second-order valence-electron chi connectivity index (χ2n) is 12.3. The summed E-state index contributed by atoms with van der Waals surface area (Å²) in [4.78, 5) is 5.76. The van der Waals surface area contributed by atoms with Crippen LogP contribution in [0.1, 0.15) is 156 Å². The summed E-state index contributed by atoms with van der Waals surface area (Å²) in [6.45, 7) is 16.4. The van der Waals surface area contributed by atoms with Crippen molar-refractivity contribution in [1.82, 2.24) is 9.80 Å². The van der Waals surface area contributed by atoms with Crippen molar-refractivity contribution in [2.75, 3.05) is 32.7 Å². The van der Waals surface area contributed by atoms with E-state index in [1.54, 1.807) is 0 Å². The number of hydrogen-bond donors (Lipinski definition) is 0. The summed E-state index contributed by atoms with van der Waals surface area (Å²) in [6, 6.07) is 0.857. The monoisotopic (exact) mass is 477 g/mol. The molecule has 0 N–H and O–H groups in total. The smallest absolute Gasteiger partial charge is 0.00926 e. The largest absolute Gasteiger partial charge is 0.303 e. The van der Waals surface area contributed by atoms with Crippen LogP contribution in [-0.2, 0) is 0 Å². The summed E-state index contributed by atoms with van der Waals surface area (Å²) < 4.78 is 0. The Kier molecular flexibility index (Phi) is 16.1. The van der Waals surface area contributed by atoms with Gasteiger partial charge in [0.25, 0.3) is 0 Å². The molecule has 2 heteroatoms. The molecule has 2 aliphatic heterocycles. The molecule has 0 radical (unpaired) electrons. The maximum absolute atomic E-state index is 2.89. The first-order chi connectivity index (χ1) is 16.7. The topological polar surface area (TPSA) is 6.48 Å². The summed E-state index contributed by atoms with van der Waals surface area (Å²) in [6.07, 6.45) is 28.8. The highest BCUT2D eigenvalue weighted by Gasteiger charge is 2.38. The second-order valence-corrected chi connectivity index (χ2v) is 12.3. The van der Waals surface area contributed by atoms with Gasteiger partial charge in [-0.25, -0.2) is 0 Å². The maximum atomic E-state index is 2.89. The highest BCUT2D eigenvalue weighted by molar-refractivity contribution is 4.92. The lowest BCUT2D eigenvalue weighted by Crippen LogP contribution is -2.49. The minimum atomic E-state index is 0.686. The van der Waals surface area contributed by atoms with Crippen LogP contribution in [0.2, 0.25) is 0 Å². The number of rotatable bonds is 19. The first-order valence-electron chi connectivity index (χ1n) is 16.1. The molecule has 2 unspecified atom stereocenters. The van der Waals surface area contributed by atoms with Gasteiger partial charge in [-0.2, -0.15) is 0 Å². The molecular weight excluding hydrogens is 412 g/mol. The van der Waals surface area contributed by atoms with Gasteiger partial charge in [0.1, 0.15) is 0 Å². The zero-order chi connectivity index (χ0) is 24.5. The van der Waals surface area contributed by atoms with Crippen LogP contribution in [0.15, 0.2) is 0 Å². The van der Waals surface area contributed by atoms with Crippen molar-refractivity contribution in [2.45, 2.75) is 162 Å². The number of hydrogen-bond acceptors (Lipinski definition) is 2. The zero-order valence-corrected chi connectivity index (χ0v) is 24.2. The average Bonchev–Trinajstić information content (AvgIpc) is 2.86. The summed E-state index contributed by atoms with van der Waals surface area (Å²) in [7, 11) is 0. The van der Waals surface area contributed by atoms with Crippen LogP contribution < -0.4 is 0 Å². The quantitative estimate of drug-likeness (QED) is 0.171. The van der Waals surface area contributed by atoms with Gasteiger partial charge in [-0.05, 0) is 88.9 Å². The number of piperidine rings is 2. The van der Waals surface area contributed by atoms with E-state index in [1.165, 1.54) is 161 Å². The maximum Gasteiger partial charge on any atom is 0.00926 e. The van der Waals surface area contributed by atoms with Gasteiger partial charge < -0.3 is 9.80 Å². The second kappa shape index (κ2) is 18.2. The van der Waals surface area contributed by atoms with E-state index in [0.717, 1.165) is 12.0 Å². The highest BCUT2D eigenvalue weighted by Crippen LogP contribution is 2.42. The minimum Gasteiger partial charge on any atom is -0.303 e. The van der Waals surface area contributed by atoms with E-state index >= 15 is 0 Å². The average molecular weight is 477 g/mol. The van der Waals surface area contributed by atoms with E-state index in [1.807, 2.05) is 0 Å². The van der Waals surface area contributed by atoms with E-state index in [9.17, 15) is 0 Å². The highest BCUT2D eigenvalue weighted by atomic mass is 15.2. The molecule has 1 spiro atoms. The molecule has 0 aromatic carbocycles. The Morgan fingerprint density at radius 2 is 1.03 bits per heavy atom. The van der Waals surface area contributed by atoms with Crippen molar-refractivity contribution in [3.05, 3.63) is 0 Å². The summed E-state index contributed by atoms with van der Waals surface area (Å²) >= 11 is 0. The van der Waals surface area contributed by atoms with E-state index in [4.69, 9.17) is 0 Å². The lowest BCUT2D eigenvalue weighted by atomic mass is 9.70. The molecule has 0 saturated carbocycles. The Balaban J connectivity index is 1.71. The Hall–Kier alpha value is -0.0800. The number of likely N-dealkylation sites (tertiary alicyclic amines) is 2. The van der Waals surface area contributed by atoms with E-state index in [0.29, 0.717) is 5.41 Å². The molecule has 0 bridgehead atoms. The summed E-state index contributed by atoms with van der Waals surface area (Å²) in [5, 5.41) is 0. The van der Waals surface area contributed by atoms with E-state index < -0.39 is 0 Å². The molecule has 0 amide bonds. The molecule has 2 fully saturated rings. The fourth-order valence-electron chi connectivity index (χ4n) is 6.94. The van der Waals surface area contributed by atoms with Crippen molar-refractivity contribution in [1.29, 1.82) is 0 Å². The molecule has 202 valence electrons. The van der Waals surface area contributed by atoms with Gasteiger partial charge in [0.15, 0.2) is 0 Å². The van der Waals surface area contributed by atoms with Gasteiger partial charge in [-0.1, -0.05) is 105 Å². The predicted molar refractivity (Wildman–Crippen MR) is 153 cm³/mol. The summed E-state index contributed by atoms with van der Waals surface area (Å²) in [5.74, 6) is 0.960. The molecule has 0 aromatic heterocycles. The first-order valence-corrected chi connectivity index (χ1v) is 16.1. The molecule has 34 heavy (non-hydrogen) atoms. The van der Waals surface area contributed by atoms with Gasteiger partial charge in [0.2, 0.25) is 0 Å². The lowest BCUT2D eigenvalue weighted by Gasteiger charge is -2.49. The third-order valence-electron chi connectivity index (χ3n) is 9.60. The van der Waals surface area contributed by atoms with Gasteiger partial charge in [-0.15, -0.1) is 0 Å². The SMILES string of the molecule is CCCCCCCC(CC)N1CCC2(CCN(CC(CCCCC)CCCCCC)CC2)CC1. The Labute approximate surface area is 216 Å². The van der Waals surface area contributed by atoms with Crippen LogP contribution in [0.5, 0.6) is 0 Å². The van der Waals surface area contributed by atoms with Crippen molar-refractivity contribution in [3.63, 3.8) is 0 Å². The number of nitrogens with zero attached hydrogens (tertiary/aromatic N) is 2. The van der Waals surface area contributed by atoms with E-state index in [-0.39, 0.29) is 0 Å². The van der Waals surface area contributed by atoms with Crippen molar-refractivity contribution in [3.8, 4) is 0 Å². The predicted octanol–water partition coefficient (Wildman–Crippen LogP) is 9.47. The zero-order valence-electron chi connectivity index (χ0n) is 24.2. The van der Waals surface area contributed by atoms with Gasteiger partial charge >= 0.3 is 0 Å². The fourth-order valence-corrected chi connectivity index (χ4v) is 6.94. The molecule has 0 aromatic rings. The third kappa shape index (κ3) is 11.3. The third-order valence-corrected chi connectivity index (χ3v) is 9.60. The fraction of sp³-hybridized carbons (Fsp3) is 1.00. The van der Waals surface area contributed by atoms with Crippen LogP contribution in [0, 0.1) is 11.3 Å². The van der Waals surface area contributed by atoms with Crippen LogP contribution in [0.25, 0.3) is 0 Å². The summed E-state index contributed by atoms with van der Waals surface area (Å²) in [5.41, 5.74) is 0.686. The minimum absolute atomic E-state index is 0.686. The van der Waals surface area contributed by atoms with Crippen LogP contribution in [-0.4, -0.2) is 48.6 Å². The number of unbranched alkanes of at least 4 members (excludes halogenated alkanes) is 9. The molecule has 2 nitrogen and oxygen atoms in total. The van der Waals surface area contributed by atoms with Gasteiger partial charge in [0, 0.05) is 12.6 Å². The Bertz CT molecular complexity index is 458. The van der Waals surface area contributed by atoms with Crippen LogP contribution >= 0.6 is 0 Å². The van der Waals surface area contributed by atoms with Crippen LogP contribution in [0.3, 0.4) is 0 Å². The van der Waals surface area contributed by atoms with Crippen molar-refractivity contribution < 1.29 is 0 Å². The van der Waals surface area contributed by atoms with E-state index in [2.05, 4.69) is 37.5 Å². The van der Waals surface area contributed by atoms with Crippen molar-refractivity contribution in [2.24, 2.45) is 11.3 Å². The molecule has 2 heterocycles. The normalized spacial score (nSPS) is 21.2. The Morgan fingerprint density at radius 1 is 0.559 bits per heavy atom. The van der Waals surface area contributed by atoms with Gasteiger partial charge in [-0.3, -0.25) is 0 Å². The molecule has 2 rings (SSSR count). The standard InChI is InChI=1S/C32H64N2/c1-5-9-12-14-17-20-31(8-4)34-27-23-32(24-28-34)21-25-33(26-22-32)29-30(18-15-11-7-3)19-16-13-10-6-2/h30-31H,5-29H2,1-4H3. The molecule has 2 aliphatic rings. The Morgan fingerprint density at radius 3 is 1.62 bits per heavy atom. The van der Waals surface area contributed by atoms with Crippen molar-refractivity contribution >= 4 is 0 Å². The van der Waals surface area contributed by atoms with Crippen LogP contribution in [0.4, 0.5) is 0 Å². The first kappa shape index (κ1) is 30.1.